The normalized spacial score (nSPS) is 12.4. The summed E-state index contributed by atoms with van der Waals surface area (Å²) in [6.07, 6.45) is 1.75. The maximum absolute atomic E-state index is 12.0. The van der Waals surface area contributed by atoms with E-state index < -0.39 is 6.61 Å². The van der Waals surface area contributed by atoms with Crippen molar-refractivity contribution in [3.05, 3.63) is 59.9 Å². The fourth-order valence-electron chi connectivity index (χ4n) is 1.80. The molecule has 0 fully saturated rings. The number of nitrogens with one attached hydrogen (secondary N) is 1. The third kappa shape index (κ3) is 4.28. The molecule has 0 spiro atoms. The second kappa shape index (κ2) is 6.96. The van der Waals surface area contributed by atoms with Crippen molar-refractivity contribution in [2.45, 2.75) is 26.1 Å². The standard InChI is InChI=1S/C15H16F2N2O/c1-11(14-4-2-3-9-18-14)19-10-12-5-7-13(8-6-12)20-15(16)17/h2-9,11,15,19H,10H2,1H3/t11-/m1/s1. The van der Waals surface area contributed by atoms with Crippen molar-refractivity contribution in [3.8, 4) is 5.75 Å². The Balaban J connectivity index is 1.88. The molecule has 3 nitrogen and oxygen atoms in total. The van der Waals surface area contributed by atoms with E-state index in [1.54, 1.807) is 18.3 Å². The topological polar surface area (TPSA) is 34.1 Å². The van der Waals surface area contributed by atoms with Crippen LogP contribution >= 0.6 is 0 Å². The van der Waals surface area contributed by atoms with Crippen LogP contribution in [0.25, 0.3) is 0 Å². The Morgan fingerprint density at radius 2 is 1.90 bits per heavy atom. The number of hydrogen-bond acceptors (Lipinski definition) is 3. The maximum Gasteiger partial charge on any atom is 0.387 e. The number of nitrogens with zero attached hydrogens (tertiary/aromatic N) is 1. The average molecular weight is 278 g/mol. The quantitative estimate of drug-likeness (QED) is 0.877. The van der Waals surface area contributed by atoms with Crippen molar-refractivity contribution in [1.82, 2.24) is 10.3 Å². The van der Waals surface area contributed by atoms with E-state index in [9.17, 15) is 8.78 Å². The number of benzene rings is 1. The smallest absolute Gasteiger partial charge is 0.387 e. The summed E-state index contributed by atoms with van der Waals surface area (Å²) in [6, 6.07) is 12.5. The molecular formula is C15H16F2N2O. The molecule has 1 aromatic heterocycles. The van der Waals surface area contributed by atoms with Crippen LogP contribution in [-0.2, 0) is 6.54 Å². The largest absolute Gasteiger partial charge is 0.435 e. The molecule has 0 unspecified atom stereocenters. The number of rotatable bonds is 6. The van der Waals surface area contributed by atoms with Crippen molar-refractivity contribution in [1.29, 1.82) is 0 Å². The van der Waals surface area contributed by atoms with Crippen LogP contribution in [0.1, 0.15) is 24.2 Å². The molecule has 0 saturated heterocycles. The van der Waals surface area contributed by atoms with Crippen LogP contribution in [0.5, 0.6) is 5.75 Å². The lowest BCUT2D eigenvalue weighted by atomic mass is 10.1. The van der Waals surface area contributed by atoms with Crippen molar-refractivity contribution in [3.63, 3.8) is 0 Å². The molecule has 0 aliphatic rings. The summed E-state index contributed by atoms with van der Waals surface area (Å²) in [5.74, 6) is 0.168. The molecule has 0 amide bonds. The molecule has 0 saturated carbocycles. The van der Waals surface area contributed by atoms with Gasteiger partial charge in [-0.15, -0.1) is 0 Å². The van der Waals surface area contributed by atoms with Gasteiger partial charge in [-0.3, -0.25) is 4.98 Å². The second-order valence-electron chi connectivity index (χ2n) is 4.38. The zero-order valence-corrected chi connectivity index (χ0v) is 11.1. The van der Waals surface area contributed by atoms with Crippen LogP contribution < -0.4 is 10.1 Å². The van der Waals surface area contributed by atoms with Crippen LogP contribution in [0.15, 0.2) is 48.7 Å². The number of ether oxygens (including phenoxy) is 1. The minimum Gasteiger partial charge on any atom is -0.435 e. The molecule has 2 rings (SSSR count). The highest BCUT2D eigenvalue weighted by Crippen LogP contribution is 2.16. The Morgan fingerprint density at radius 1 is 1.15 bits per heavy atom. The summed E-state index contributed by atoms with van der Waals surface area (Å²) in [7, 11) is 0. The lowest BCUT2D eigenvalue weighted by Crippen LogP contribution is -2.18. The van der Waals surface area contributed by atoms with E-state index in [2.05, 4.69) is 15.0 Å². The van der Waals surface area contributed by atoms with Crippen molar-refractivity contribution in [2.75, 3.05) is 0 Å². The molecule has 1 heterocycles. The van der Waals surface area contributed by atoms with E-state index in [1.165, 1.54) is 12.1 Å². The molecule has 106 valence electrons. The molecule has 0 aliphatic heterocycles. The van der Waals surface area contributed by atoms with Crippen LogP contribution in [0.4, 0.5) is 8.78 Å². The minimum absolute atomic E-state index is 0.119. The average Bonchev–Trinajstić information content (AvgIpc) is 2.46. The van der Waals surface area contributed by atoms with Gasteiger partial charge in [-0.05, 0) is 36.8 Å². The summed E-state index contributed by atoms with van der Waals surface area (Å²) in [6.45, 7) is -0.133. The molecule has 0 bridgehead atoms. The van der Waals surface area contributed by atoms with Gasteiger partial charge in [0.05, 0.1) is 5.69 Å². The highest BCUT2D eigenvalue weighted by Gasteiger charge is 2.06. The Morgan fingerprint density at radius 3 is 2.50 bits per heavy atom. The van der Waals surface area contributed by atoms with E-state index in [0.717, 1.165) is 11.3 Å². The minimum atomic E-state index is -2.79. The Labute approximate surface area is 116 Å². The zero-order valence-electron chi connectivity index (χ0n) is 11.1. The Bertz CT molecular complexity index is 517. The Kier molecular flexibility index (Phi) is 5.01. The molecule has 0 radical (unpaired) electrons. The predicted octanol–water partition coefficient (Wildman–Crippen LogP) is 3.53. The van der Waals surface area contributed by atoms with Gasteiger partial charge in [0.2, 0.25) is 0 Å². The van der Waals surface area contributed by atoms with E-state index in [-0.39, 0.29) is 11.8 Å². The van der Waals surface area contributed by atoms with Crippen LogP contribution in [0.3, 0.4) is 0 Å². The molecule has 20 heavy (non-hydrogen) atoms. The van der Waals surface area contributed by atoms with Gasteiger partial charge in [-0.25, -0.2) is 0 Å². The first-order valence-electron chi connectivity index (χ1n) is 6.33. The SMILES string of the molecule is C[C@@H](NCc1ccc(OC(F)F)cc1)c1ccccn1. The van der Waals surface area contributed by atoms with Gasteiger partial charge >= 0.3 is 6.61 Å². The molecule has 5 heteroatoms. The van der Waals surface area contributed by atoms with E-state index in [0.29, 0.717) is 6.54 Å². The van der Waals surface area contributed by atoms with Crippen molar-refractivity contribution < 1.29 is 13.5 Å². The van der Waals surface area contributed by atoms with Gasteiger partial charge in [0.25, 0.3) is 0 Å². The molecule has 2 aromatic rings. The summed E-state index contributed by atoms with van der Waals surface area (Å²) in [5, 5.41) is 3.32. The summed E-state index contributed by atoms with van der Waals surface area (Å²) in [4.78, 5) is 4.27. The number of alkyl halides is 2. The zero-order chi connectivity index (χ0) is 14.4. The van der Waals surface area contributed by atoms with E-state index in [1.807, 2.05) is 25.1 Å². The van der Waals surface area contributed by atoms with Gasteiger partial charge in [0, 0.05) is 18.8 Å². The van der Waals surface area contributed by atoms with Gasteiger partial charge in [-0.2, -0.15) is 8.78 Å². The third-order valence-electron chi connectivity index (χ3n) is 2.89. The van der Waals surface area contributed by atoms with E-state index >= 15 is 0 Å². The maximum atomic E-state index is 12.0. The lowest BCUT2D eigenvalue weighted by Gasteiger charge is -2.13. The number of pyridine rings is 1. The summed E-state index contributed by atoms with van der Waals surface area (Å²) < 4.78 is 28.3. The fourth-order valence-corrected chi connectivity index (χ4v) is 1.80. The molecular weight excluding hydrogens is 262 g/mol. The highest BCUT2D eigenvalue weighted by atomic mass is 19.3. The monoisotopic (exact) mass is 278 g/mol. The van der Waals surface area contributed by atoms with Gasteiger partial charge in [0.15, 0.2) is 0 Å². The Hall–Kier alpha value is -2.01. The second-order valence-corrected chi connectivity index (χ2v) is 4.38. The van der Waals surface area contributed by atoms with Gasteiger partial charge in [-0.1, -0.05) is 18.2 Å². The fraction of sp³-hybridized carbons (Fsp3) is 0.267. The number of halogens is 2. The van der Waals surface area contributed by atoms with Gasteiger partial charge < -0.3 is 10.1 Å². The molecule has 0 aliphatic carbocycles. The first-order chi connectivity index (χ1) is 9.65. The van der Waals surface area contributed by atoms with Crippen molar-refractivity contribution >= 4 is 0 Å². The molecule has 1 aromatic carbocycles. The third-order valence-corrected chi connectivity index (χ3v) is 2.89. The first kappa shape index (κ1) is 14.4. The van der Waals surface area contributed by atoms with Crippen LogP contribution in [0, 0.1) is 0 Å². The predicted molar refractivity (Wildman–Crippen MR) is 72.6 cm³/mol. The van der Waals surface area contributed by atoms with Gasteiger partial charge in [0.1, 0.15) is 5.75 Å². The lowest BCUT2D eigenvalue weighted by molar-refractivity contribution is -0.0498. The van der Waals surface area contributed by atoms with Crippen LogP contribution in [0.2, 0.25) is 0 Å². The van der Waals surface area contributed by atoms with E-state index in [4.69, 9.17) is 0 Å². The number of aromatic nitrogens is 1. The van der Waals surface area contributed by atoms with Crippen LogP contribution in [-0.4, -0.2) is 11.6 Å². The first-order valence-corrected chi connectivity index (χ1v) is 6.33. The summed E-state index contributed by atoms with van der Waals surface area (Å²) in [5.41, 5.74) is 1.96. The molecule has 1 atom stereocenters. The number of hydrogen-bond donors (Lipinski definition) is 1. The summed E-state index contributed by atoms with van der Waals surface area (Å²) >= 11 is 0. The van der Waals surface area contributed by atoms with Crippen molar-refractivity contribution in [2.24, 2.45) is 0 Å². The molecule has 1 N–H and O–H groups in total. The highest BCUT2D eigenvalue weighted by molar-refractivity contribution is 5.27.